The Labute approximate surface area is 112 Å². The zero-order valence-corrected chi connectivity index (χ0v) is 11.6. The number of hydrogen-bond acceptors (Lipinski definition) is 3. The minimum absolute atomic E-state index is 0.0327. The fourth-order valence-corrected chi connectivity index (χ4v) is 2.00. The first-order valence-electron chi connectivity index (χ1n) is 6.28. The molecule has 0 spiro atoms. The Morgan fingerprint density at radius 2 is 2.16 bits per heavy atom. The molecule has 1 aromatic heterocycles. The summed E-state index contributed by atoms with van der Waals surface area (Å²) in [6.45, 7) is 3.42. The molecule has 2 rings (SSSR count). The number of amides is 1. The predicted molar refractivity (Wildman–Crippen MR) is 73.8 cm³/mol. The summed E-state index contributed by atoms with van der Waals surface area (Å²) in [5.41, 5.74) is 2.03. The molecular formula is C14H19N3O2. The molecule has 0 saturated carbocycles. The number of fused-ring (bicyclic) bond motifs is 1. The number of methoxy groups -OCH3 is 1. The van der Waals surface area contributed by atoms with E-state index in [1.165, 1.54) is 0 Å². The molecule has 0 unspecified atom stereocenters. The molecule has 0 radical (unpaired) electrons. The number of carbonyl (C=O) groups is 1. The van der Waals surface area contributed by atoms with Crippen molar-refractivity contribution in [1.82, 2.24) is 14.5 Å². The van der Waals surface area contributed by atoms with Crippen molar-refractivity contribution in [2.75, 3.05) is 20.8 Å². The van der Waals surface area contributed by atoms with Crippen molar-refractivity contribution in [2.24, 2.45) is 0 Å². The molecule has 0 aliphatic carbocycles. The predicted octanol–water partition coefficient (Wildman–Crippen LogP) is 1.66. The maximum Gasteiger partial charge on any atom is 0.219 e. The molecule has 0 fully saturated rings. The van der Waals surface area contributed by atoms with Crippen LogP contribution in [0.1, 0.15) is 12.7 Å². The van der Waals surface area contributed by atoms with E-state index in [2.05, 4.69) is 9.55 Å². The highest BCUT2D eigenvalue weighted by Gasteiger charge is 2.13. The zero-order chi connectivity index (χ0) is 13.8. The minimum atomic E-state index is 0.0327. The molecule has 2 aromatic rings. The summed E-state index contributed by atoms with van der Waals surface area (Å²) in [5.74, 6) is 0.918. The molecule has 0 aliphatic heterocycles. The van der Waals surface area contributed by atoms with Crippen LogP contribution >= 0.6 is 0 Å². The number of rotatable bonds is 5. The van der Waals surface area contributed by atoms with E-state index in [0.717, 1.165) is 23.4 Å². The normalized spacial score (nSPS) is 10.9. The Hall–Kier alpha value is -1.88. The van der Waals surface area contributed by atoms with E-state index >= 15 is 0 Å². The van der Waals surface area contributed by atoms with Gasteiger partial charge in [-0.2, -0.15) is 0 Å². The van der Waals surface area contributed by atoms with Crippen LogP contribution in [0.2, 0.25) is 0 Å². The first kappa shape index (κ1) is 13.5. The fourth-order valence-electron chi connectivity index (χ4n) is 2.00. The Bertz CT molecular complexity index is 577. The zero-order valence-electron chi connectivity index (χ0n) is 11.6. The summed E-state index contributed by atoms with van der Waals surface area (Å²) in [6, 6.07) is 7.98. The third-order valence-corrected chi connectivity index (χ3v) is 3.17. The molecule has 5 nitrogen and oxygen atoms in total. The van der Waals surface area contributed by atoms with Crippen LogP contribution in [-0.2, 0) is 22.6 Å². The van der Waals surface area contributed by atoms with E-state index in [0.29, 0.717) is 13.2 Å². The highest BCUT2D eigenvalue weighted by molar-refractivity contribution is 5.76. The van der Waals surface area contributed by atoms with Gasteiger partial charge in [-0.25, -0.2) is 4.98 Å². The van der Waals surface area contributed by atoms with E-state index in [-0.39, 0.29) is 5.91 Å². The van der Waals surface area contributed by atoms with Gasteiger partial charge in [0, 0.05) is 27.6 Å². The van der Waals surface area contributed by atoms with E-state index in [1.54, 1.807) is 26.0 Å². The molecule has 0 N–H and O–H groups in total. The van der Waals surface area contributed by atoms with Gasteiger partial charge in [-0.15, -0.1) is 0 Å². The number of ether oxygens (including phenoxy) is 1. The van der Waals surface area contributed by atoms with Gasteiger partial charge in [-0.1, -0.05) is 12.1 Å². The molecule has 1 amide bonds. The molecule has 19 heavy (non-hydrogen) atoms. The number of carbonyl (C=O) groups excluding carboxylic acids is 1. The highest BCUT2D eigenvalue weighted by Crippen LogP contribution is 2.17. The van der Waals surface area contributed by atoms with Crippen molar-refractivity contribution >= 4 is 16.9 Å². The average molecular weight is 261 g/mol. The van der Waals surface area contributed by atoms with Gasteiger partial charge in [0.05, 0.1) is 24.2 Å². The number of aromatic nitrogens is 2. The van der Waals surface area contributed by atoms with E-state index in [9.17, 15) is 4.79 Å². The van der Waals surface area contributed by atoms with Crippen molar-refractivity contribution in [1.29, 1.82) is 0 Å². The molecule has 0 atom stereocenters. The van der Waals surface area contributed by atoms with Crippen molar-refractivity contribution in [3.05, 3.63) is 30.1 Å². The van der Waals surface area contributed by atoms with Crippen LogP contribution in [0.3, 0.4) is 0 Å². The third kappa shape index (κ3) is 2.93. The van der Waals surface area contributed by atoms with Crippen molar-refractivity contribution in [3.8, 4) is 0 Å². The van der Waals surface area contributed by atoms with E-state index in [1.807, 2.05) is 24.3 Å². The number of hydrogen-bond donors (Lipinski definition) is 0. The van der Waals surface area contributed by atoms with Gasteiger partial charge in [0.25, 0.3) is 0 Å². The summed E-state index contributed by atoms with van der Waals surface area (Å²) in [5, 5.41) is 0. The standard InChI is InChI=1S/C14H19N3O2/c1-11(18)16(2)10-14-15-12-6-4-5-7-13(12)17(14)8-9-19-3/h4-7H,8-10H2,1-3H3. The SMILES string of the molecule is COCCn1c(CN(C)C(C)=O)nc2ccccc21. The third-order valence-electron chi connectivity index (χ3n) is 3.17. The van der Waals surface area contributed by atoms with Gasteiger partial charge in [-0.05, 0) is 12.1 Å². The lowest BCUT2D eigenvalue weighted by atomic mass is 10.3. The maximum atomic E-state index is 11.4. The van der Waals surface area contributed by atoms with E-state index in [4.69, 9.17) is 4.74 Å². The van der Waals surface area contributed by atoms with Crippen LogP contribution < -0.4 is 0 Å². The highest BCUT2D eigenvalue weighted by atomic mass is 16.5. The minimum Gasteiger partial charge on any atom is -0.383 e. The summed E-state index contributed by atoms with van der Waals surface area (Å²) >= 11 is 0. The monoisotopic (exact) mass is 261 g/mol. The summed E-state index contributed by atoms with van der Waals surface area (Å²) < 4.78 is 7.25. The second kappa shape index (κ2) is 5.84. The topological polar surface area (TPSA) is 47.4 Å². The fraction of sp³-hybridized carbons (Fsp3) is 0.429. The summed E-state index contributed by atoms with van der Waals surface area (Å²) in [6.07, 6.45) is 0. The van der Waals surface area contributed by atoms with Crippen LogP contribution in [0.4, 0.5) is 0 Å². The largest absolute Gasteiger partial charge is 0.383 e. The van der Waals surface area contributed by atoms with Gasteiger partial charge < -0.3 is 14.2 Å². The number of imidazole rings is 1. The van der Waals surface area contributed by atoms with Gasteiger partial charge in [0.1, 0.15) is 5.82 Å². The molecule has 0 aliphatic rings. The van der Waals surface area contributed by atoms with Gasteiger partial charge in [0.2, 0.25) is 5.91 Å². The lowest BCUT2D eigenvalue weighted by molar-refractivity contribution is -0.128. The average Bonchev–Trinajstić information content (AvgIpc) is 2.73. The molecule has 1 heterocycles. The lowest BCUT2D eigenvalue weighted by Gasteiger charge is -2.15. The Kier molecular flexibility index (Phi) is 4.16. The van der Waals surface area contributed by atoms with Gasteiger partial charge in [0.15, 0.2) is 0 Å². The first-order chi connectivity index (χ1) is 9.13. The van der Waals surface area contributed by atoms with Gasteiger partial charge in [-0.3, -0.25) is 4.79 Å². The molecule has 1 aromatic carbocycles. The molecular weight excluding hydrogens is 242 g/mol. The maximum absolute atomic E-state index is 11.4. The second-order valence-corrected chi connectivity index (χ2v) is 4.54. The smallest absolute Gasteiger partial charge is 0.219 e. The quantitative estimate of drug-likeness (QED) is 0.822. The van der Waals surface area contributed by atoms with Crippen molar-refractivity contribution in [2.45, 2.75) is 20.0 Å². The first-order valence-corrected chi connectivity index (χ1v) is 6.28. The van der Waals surface area contributed by atoms with Gasteiger partial charge >= 0.3 is 0 Å². The molecule has 5 heteroatoms. The second-order valence-electron chi connectivity index (χ2n) is 4.54. The van der Waals surface area contributed by atoms with Crippen LogP contribution in [-0.4, -0.2) is 41.1 Å². The van der Waals surface area contributed by atoms with Crippen molar-refractivity contribution < 1.29 is 9.53 Å². The number of para-hydroxylation sites is 2. The van der Waals surface area contributed by atoms with Crippen LogP contribution in [0.25, 0.3) is 11.0 Å². The Morgan fingerprint density at radius 3 is 2.84 bits per heavy atom. The molecule has 0 saturated heterocycles. The molecule has 102 valence electrons. The lowest BCUT2D eigenvalue weighted by Crippen LogP contribution is -2.25. The van der Waals surface area contributed by atoms with Crippen LogP contribution in [0.5, 0.6) is 0 Å². The summed E-state index contributed by atoms with van der Waals surface area (Å²) in [4.78, 5) is 17.6. The number of nitrogens with zero attached hydrogens (tertiary/aromatic N) is 3. The molecule has 0 bridgehead atoms. The number of benzene rings is 1. The van der Waals surface area contributed by atoms with Crippen molar-refractivity contribution in [3.63, 3.8) is 0 Å². The Morgan fingerprint density at radius 1 is 1.42 bits per heavy atom. The summed E-state index contributed by atoms with van der Waals surface area (Å²) in [7, 11) is 3.46. The van der Waals surface area contributed by atoms with E-state index < -0.39 is 0 Å². The Balaban J connectivity index is 2.37. The van der Waals surface area contributed by atoms with Crippen LogP contribution in [0, 0.1) is 0 Å². The van der Waals surface area contributed by atoms with Crippen LogP contribution in [0.15, 0.2) is 24.3 Å².